The maximum Gasteiger partial charge on any atom is 0.137 e. The lowest BCUT2D eigenvalue weighted by atomic mass is 10.1. The van der Waals surface area contributed by atoms with Gasteiger partial charge in [0.1, 0.15) is 12.7 Å². The smallest absolute Gasteiger partial charge is 0.137 e. The van der Waals surface area contributed by atoms with Crippen molar-refractivity contribution < 1.29 is 0 Å². The summed E-state index contributed by atoms with van der Waals surface area (Å²) in [5.41, 5.74) is 1.34. The third kappa shape index (κ3) is 3.35. The molecule has 0 spiro atoms. The Morgan fingerprint density at radius 1 is 1.12 bits per heavy atom. The van der Waals surface area contributed by atoms with Crippen LogP contribution in [0.3, 0.4) is 0 Å². The molecule has 0 aliphatic rings. The van der Waals surface area contributed by atoms with Crippen LogP contribution in [0.25, 0.3) is 0 Å². The second kappa shape index (κ2) is 5.66. The summed E-state index contributed by atoms with van der Waals surface area (Å²) in [5, 5.41) is 4.86. The molecule has 1 aromatic heterocycles. The van der Waals surface area contributed by atoms with E-state index in [1.54, 1.807) is 12.7 Å². The molecule has 0 aliphatic carbocycles. The van der Waals surface area contributed by atoms with Crippen LogP contribution in [0.4, 0.5) is 0 Å². The third-order valence-corrected chi connectivity index (χ3v) is 2.73. The van der Waals surface area contributed by atoms with E-state index < -0.39 is 0 Å². The number of aromatic nitrogens is 3. The molecular weight excluding hydrogens is 222 g/mol. The maximum absolute atomic E-state index is 5.82. The van der Waals surface area contributed by atoms with E-state index >= 15 is 0 Å². The van der Waals surface area contributed by atoms with E-state index in [0.29, 0.717) is 0 Å². The molecule has 1 heterocycles. The summed E-state index contributed by atoms with van der Waals surface area (Å²) in [6.07, 6.45) is 6.68. The molecule has 0 aliphatic heterocycles. The first-order chi connectivity index (χ1) is 7.84. The van der Waals surface area contributed by atoms with Gasteiger partial charge in [0.05, 0.1) is 0 Å². The Balaban J connectivity index is 1.70. The highest BCUT2D eigenvalue weighted by atomic mass is 35.5. The van der Waals surface area contributed by atoms with Gasteiger partial charge in [0, 0.05) is 11.6 Å². The van der Waals surface area contributed by atoms with Crippen molar-refractivity contribution in [2.45, 2.75) is 25.8 Å². The number of hydrogen-bond acceptors (Lipinski definition) is 2. The molecule has 0 N–H and O–H groups in total. The van der Waals surface area contributed by atoms with E-state index in [2.05, 4.69) is 22.2 Å². The lowest BCUT2D eigenvalue weighted by molar-refractivity contribution is 0.556. The molecule has 1 aromatic carbocycles. The number of aryl methyl sites for hydroxylation is 2. The van der Waals surface area contributed by atoms with Crippen molar-refractivity contribution >= 4 is 11.6 Å². The van der Waals surface area contributed by atoms with Crippen molar-refractivity contribution in [2.75, 3.05) is 0 Å². The van der Waals surface area contributed by atoms with Gasteiger partial charge in [0.15, 0.2) is 0 Å². The number of nitrogens with zero attached hydrogens (tertiary/aromatic N) is 3. The Hall–Kier alpha value is -1.35. The Bertz CT molecular complexity index is 408. The zero-order valence-corrected chi connectivity index (χ0v) is 9.77. The number of hydrogen-bond donors (Lipinski definition) is 0. The zero-order valence-electron chi connectivity index (χ0n) is 9.01. The summed E-state index contributed by atoms with van der Waals surface area (Å²) in [6, 6.07) is 8.04. The first-order valence-corrected chi connectivity index (χ1v) is 5.79. The minimum absolute atomic E-state index is 0.798. The molecule has 84 valence electrons. The predicted molar refractivity (Wildman–Crippen MR) is 64.4 cm³/mol. The van der Waals surface area contributed by atoms with Gasteiger partial charge in [-0.1, -0.05) is 23.7 Å². The van der Waals surface area contributed by atoms with E-state index in [-0.39, 0.29) is 0 Å². The van der Waals surface area contributed by atoms with Crippen LogP contribution in [0, 0.1) is 0 Å². The van der Waals surface area contributed by atoms with Crippen molar-refractivity contribution in [3.8, 4) is 0 Å². The number of halogens is 1. The predicted octanol–water partition coefficient (Wildman–Crippen LogP) is 2.95. The number of unbranched alkanes of at least 4 members (excludes halogenated alkanes) is 1. The second-order valence-corrected chi connectivity index (χ2v) is 4.18. The Morgan fingerprint density at radius 2 is 1.94 bits per heavy atom. The fraction of sp³-hybridized carbons (Fsp3) is 0.333. The molecule has 0 saturated heterocycles. The van der Waals surface area contributed by atoms with Gasteiger partial charge >= 0.3 is 0 Å². The zero-order chi connectivity index (χ0) is 11.2. The van der Waals surface area contributed by atoms with Gasteiger partial charge < -0.3 is 0 Å². The van der Waals surface area contributed by atoms with Crippen molar-refractivity contribution in [1.29, 1.82) is 0 Å². The highest BCUT2D eigenvalue weighted by Gasteiger charge is 1.95. The molecule has 0 amide bonds. The molecule has 0 fully saturated rings. The van der Waals surface area contributed by atoms with Gasteiger partial charge in [-0.05, 0) is 37.0 Å². The average Bonchev–Trinajstić information content (AvgIpc) is 2.80. The van der Waals surface area contributed by atoms with Gasteiger partial charge in [0.25, 0.3) is 0 Å². The van der Waals surface area contributed by atoms with Gasteiger partial charge in [-0.25, -0.2) is 4.98 Å². The molecule has 4 heteroatoms. The summed E-state index contributed by atoms with van der Waals surface area (Å²) in [7, 11) is 0. The molecule has 2 rings (SSSR count). The molecular formula is C12H14ClN3. The maximum atomic E-state index is 5.82. The largest absolute Gasteiger partial charge is 0.253 e. The van der Waals surface area contributed by atoms with Crippen molar-refractivity contribution in [3.63, 3.8) is 0 Å². The Morgan fingerprint density at radius 3 is 2.62 bits per heavy atom. The molecule has 16 heavy (non-hydrogen) atoms. The normalized spacial score (nSPS) is 10.6. The Labute approximate surface area is 100 Å². The minimum atomic E-state index is 0.798. The van der Waals surface area contributed by atoms with Crippen LogP contribution < -0.4 is 0 Å². The highest BCUT2D eigenvalue weighted by Crippen LogP contribution is 2.11. The first-order valence-electron chi connectivity index (χ1n) is 5.41. The standard InChI is InChI=1S/C12H14ClN3/c13-12-6-4-11(5-7-12)3-1-2-8-16-10-14-9-15-16/h4-7,9-10H,1-3,8H2. The average molecular weight is 236 g/mol. The third-order valence-electron chi connectivity index (χ3n) is 2.48. The molecule has 0 unspecified atom stereocenters. The number of rotatable bonds is 5. The summed E-state index contributed by atoms with van der Waals surface area (Å²) in [6.45, 7) is 0.938. The topological polar surface area (TPSA) is 30.7 Å². The molecule has 0 radical (unpaired) electrons. The number of benzene rings is 1. The molecule has 0 atom stereocenters. The van der Waals surface area contributed by atoms with Crippen LogP contribution in [0.15, 0.2) is 36.9 Å². The highest BCUT2D eigenvalue weighted by molar-refractivity contribution is 6.30. The van der Waals surface area contributed by atoms with Crippen LogP contribution in [0.5, 0.6) is 0 Å². The fourth-order valence-electron chi connectivity index (χ4n) is 1.60. The van der Waals surface area contributed by atoms with E-state index in [1.807, 2.05) is 16.8 Å². The van der Waals surface area contributed by atoms with Crippen LogP contribution in [-0.4, -0.2) is 14.8 Å². The quantitative estimate of drug-likeness (QED) is 0.746. The van der Waals surface area contributed by atoms with Gasteiger partial charge in [-0.2, -0.15) is 5.10 Å². The van der Waals surface area contributed by atoms with Crippen LogP contribution in [-0.2, 0) is 13.0 Å². The van der Waals surface area contributed by atoms with Gasteiger partial charge in [0.2, 0.25) is 0 Å². The van der Waals surface area contributed by atoms with Crippen LogP contribution in [0.2, 0.25) is 5.02 Å². The minimum Gasteiger partial charge on any atom is -0.253 e. The van der Waals surface area contributed by atoms with Crippen molar-refractivity contribution in [1.82, 2.24) is 14.8 Å². The molecule has 0 bridgehead atoms. The fourth-order valence-corrected chi connectivity index (χ4v) is 1.73. The summed E-state index contributed by atoms with van der Waals surface area (Å²) >= 11 is 5.82. The van der Waals surface area contributed by atoms with Gasteiger partial charge in [-0.15, -0.1) is 0 Å². The summed E-state index contributed by atoms with van der Waals surface area (Å²) < 4.78 is 1.86. The monoisotopic (exact) mass is 235 g/mol. The SMILES string of the molecule is Clc1ccc(CCCCn2cncn2)cc1. The van der Waals surface area contributed by atoms with E-state index in [4.69, 9.17) is 11.6 Å². The Kier molecular flexibility index (Phi) is 3.94. The lowest BCUT2D eigenvalue weighted by Crippen LogP contribution is -1.98. The molecule has 2 aromatic rings. The summed E-state index contributed by atoms with van der Waals surface area (Å²) in [4.78, 5) is 3.91. The first kappa shape index (κ1) is 11.1. The van der Waals surface area contributed by atoms with E-state index in [0.717, 1.165) is 30.8 Å². The summed E-state index contributed by atoms with van der Waals surface area (Å²) in [5.74, 6) is 0. The molecule has 0 saturated carbocycles. The van der Waals surface area contributed by atoms with Crippen molar-refractivity contribution in [2.24, 2.45) is 0 Å². The van der Waals surface area contributed by atoms with E-state index in [9.17, 15) is 0 Å². The lowest BCUT2D eigenvalue weighted by Gasteiger charge is -2.02. The van der Waals surface area contributed by atoms with Crippen LogP contribution in [0.1, 0.15) is 18.4 Å². The second-order valence-electron chi connectivity index (χ2n) is 3.74. The van der Waals surface area contributed by atoms with E-state index in [1.165, 1.54) is 5.56 Å². The van der Waals surface area contributed by atoms with Crippen LogP contribution >= 0.6 is 11.6 Å². The van der Waals surface area contributed by atoms with Crippen molar-refractivity contribution in [3.05, 3.63) is 47.5 Å². The molecule has 3 nitrogen and oxygen atoms in total. The van der Waals surface area contributed by atoms with Gasteiger partial charge in [-0.3, -0.25) is 4.68 Å².